The number of aliphatic carboxylic acids is 1. The molecule has 8 nitrogen and oxygen atoms in total. The molecule has 0 aromatic rings. The van der Waals surface area contributed by atoms with Crippen molar-refractivity contribution >= 4 is 17.9 Å². The predicted octanol–water partition coefficient (Wildman–Crippen LogP) is 9.64. The maximum absolute atomic E-state index is 12.6. The molecule has 0 saturated heterocycles. The lowest BCUT2D eigenvalue weighted by molar-refractivity contribution is -0.889. The van der Waals surface area contributed by atoms with Crippen molar-refractivity contribution in [3.63, 3.8) is 0 Å². The molecule has 0 N–H and O–H groups in total. The molecule has 0 bridgehead atoms. The molecule has 0 aliphatic carbocycles. The minimum Gasteiger partial charge on any atom is -0.544 e. The van der Waals surface area contributed by atoms with Gasteiger partial charge in [0.25, 0.3) is 0 Å². The van der Waals surface area contributed by atoms with Crippen LogP contribution in [0.4, 0.5) is 0 Å². The molecule has 0 saturated carbocycles. The third-order valence-electron chi connectivity index (χ3n) is 9.74. The number of carbonyl (C=O) groups excluding carboxylic acids is 3. The normalized spacial score (nSPS) is 12.9. The molecule has 0 fully saturated rings. The summed E-state index contributed by atoms with van der Waals surface area (Å²) >= 11 is 0. The van der Waals surface area contributed by atoms with Crippen molar-refractivity contribution in [2.45, 2.75) is 212 Å². The average Bonchev–Trinajstić information content (AvgIpc) is 3.06. The van der Waals surface area contributed by atoms with Crippen LogP contribution in [0.5, 0.6) is 0 Å². The molecule has 0 radical (unpaired) electrons. The molecule has 50 heavy (non-hydrogen) atoms. The number of hydrogen-bond donors (Lipinski definition) is 0. The number of carboxylic acids is 1. The molecule has 2 atom stereocenters. The van der Waals surface area contributed by atoms with Crippen LogP contribution in [0.3, 0.4) is 0 Å². The fraction of sp³-hybridized carbons (Fsp3) is 0.929. The Kier molecular flexibility index (Phi) is 33.3. The van der Waals surface area contributed by atoms with Gasteiger partial charge in [0.1, 0.15) is 12.6 Å². The van der Waals surface area contributed by atoms with Crippen molar-refractivity contribution in [2.24, 2.45) is 0 Å². The van der Waals surface area contributed by atoms with E-state index >= 15 is 0 Å². The zero-order valence-electron chi connectivity index (χ0n) is 33.6. The second-order valence-corrected chi connectivity index (χ2v) is 15.6. The molecular weight excluding hydrogens is 630 g/mol. The van der Waals surface area contributed by atoms with Crippen LogP contribution in [0.1, 0.15) is 200 Å². The summed E-state index contributed by atoms with van der Waals surface area (Å²) in [5.74, 6) is -1.73. The second kappa shape index (κ2) is 34.4. The largest absolute Gasteiger partial charge is 0.544 e. The van der Waals surface area contributed by atoms with Gasteiger partial charge in [-0.3, -0.25) is 9.59 Å². The van der Waals surface area contributed by atoms with Gasteiger partial charge in [-0.25, -0.2) is 0 Å². The number of hydrogen-bond acceptors (Lipinski definition) is 7. The van der Waals surface area contributed by atoms with Crippen molar-refractivity contribution in [1.29, 1.82) is 0 Å². The summed E-state index contributed by atoms with van der Waals surface area (Å²) < 4.78 is 17.0. The summed E-state index contributed by atoms with van der Waals surface area (Å²) in [5.41, 5.74) is 0. The zero-order chi connectivity index (χ0) is 37.1. The molecule has 0 aromatic heterocycles. The number of carbonyl (C=O) groups is 3. The van der Waals surface area contributed by atoms with Gasteiger partial charge in [0, 0.05) is 19.3 Å². The van der Waals surface area contributed by atoms with Gasteiger partial charge in [-0.1, -0.05) is 168 Å². The highest BCUT2D eigenvalue weighted by molar-refractivity contribution is 5.70. The number of carboxylic acid groups (broad SMARTS) is 1. The highest BCUT2D eigenvalue weighted by Crippen LogP contribution is 2.16. The van der Waals surface area contributed by atoms with Crippen molar-refractivity contribution in [3.8, 4) is 0 Å². The molecule has 0 spiro atoms. The maximum Gasteiger partial charge on any atom is 0.306 e. The fourth-order valence-corrected chi connectivity index (χ4v) is 6.42. The van der Waals surface area contributed by atoms with E-state index < -0.39 is 18.1 Å². The van der Waals surface area contributed by atoms with E-state index in [4.69, 9.17) is 14.2 Å². The van der Waals surface area contributed by atoms with Crippen LogP contribution in [-0.2, 0) is 28.6 Å². The van der Waals surface area contributed by atoms with Gasteiger partial charge in [-0.15, -0.1) is 0 Å². The van der Waals surface area contributed by atoms with Crippen molar-refractivity contribution in [2.75, 3.05) is 41.0 Å². The Morgan fingerprint density at radius 2 is 0.880 bits per heavy atom. The molecule has 0 aromatic carbocycles. The minimum atomic E-state index is -1.12. The van der Waals surface area contributed by atoms with E-state index in [0.717, 1.165) is 51.4 Å². The van der Waals surface area contributed by atoms with Crippen LogP contribution in [0, 0.1) is 0 Å². The van der Waals surface area contributed by atoms with E-state index in [1.165, 1.54) is 116 Å². The van der Waals surface area contributed by atoms with Gasteiger partial charge in [0.05, 0.1) is 40.3 Å². The standard InChI is InChI=1S/C42H81NO7/c1-6-8-10-12-13-14-15-16-17-18-19-20-21-22-23-24-25-26-27-29-31-33-41(45)50-38(37-49-40(44)32-30-28-11-9-7-2)36-48-35-34-39(42(46)47)43(3,4)5/h38-39H,6-37H2,1-5H3. The van der Waals surface area contributed by atoms with Crippen LogP contribution < -0.4 is 5.11 Å². The highest BCUT2D eigenvalue weighted by atomic mass is 16.6. The van der Waals surface area contributed by atoms with Crippen molar-refractivity contribution in [1.82, 2.24) is 0 Å². The van der Waals surface area contributed by atoms with E-state index in [2.05, 4.69) is 13.8 Å². The Labute approximate surface area is 308 Å². The zero-order valence-corrected chi connectivity index (χ0v) is 33.6. The van der Waals surface area contributed by atoms with E-state index in [9.17, 15) is 19.5 Å². The molecule has 0 aliphatic rings. The predicted molar refractivity (Wildman–Crippen MR) is 204 cm³/mol. The summed E-state index contributed by atoms with van der Waals surface area (Å²) in [6.07, 6.45) is 33.1. The first kappa shape index (κ1) is 48.3. The number of nitrogens with zero attached hydrogens (tertiary/aromatic N) is 1. The third-order valence-corrected chi connectivity index (χ3v) is 9.74. The van der Waals surface area contributed by atoms with Gasteiger partial charge >= 0.3 is 11.9 Å². The van der Waals surface area contributed by atoms with Crippen LogP contribution in [0.2, 0.25) is 0 Å². The average molecular weight is 712 g/mol. The summed E-state index contributed by atoms with van der Waals surface area (Å²) in [7, 11) is 5.40. The van der Waals surface area contributed by atoms with Crippen LogP contribution in [0.15, 0.2) is 0 Å². The first-order chi connectivity index (χ1) is 24.1. The molecular formula is C42H81NO7. The van der Waals surface area contributed by atoms with E-state index in [0.29, 0.717) is 12.8 Å². The molecule has 0 amide bonds. The van der Waals surface area contributed by atoms with Crippen molar-refractivity contribution in [3.05, 3.63) is 0 Å². The smallest absolute Gasteiger partial charge is 0.306 e. The number of esters is 2. The van der Waals surface area contributed by atoms with Crippen molar-refractivity contribution < 1.29 is 38.2 Å². The van der Waals surface area contributed by atoms with Gasteiger partial charge in [0.15, 0.2) is 6.10 Å². The lowest BCUT2D eigenvalue weighted by Crippen LogP contribution is -2.55. The number of likely N-dealkylation sites (N-methyl/N-ethyl adjacent to an activating group) is 1. The lowest BCUT2D eigenvalue weighted by atomic mass is 10.0. The minimum absolute atomic E-state index is 0.0474. The Hall–Kier alpha value is -1.67. The Morgan fingerprint density at radius 1 is 0.520 bits per heavy atom. The second-order valence-electron chi connectivity index (χ2n) is 15.6. The number of rotatable bonds is 38. The molecule has 8 heteroatoms. The maximum atomic E-state index is 12.6. The summed E-state index contributed by atoms with van der Waals surface area (Å²) in [6.45, 7) is 4.60. The number of unbranched alkanes of at least 4 members (excludes halogenated alkanes) is 24. The summed E-state index contributed by atoms with van der Waals surface area (Å²) in [6, 6.07) is -0.717. The van der Waals surface area contributed by atoms with Gasteiger partial charge in [0.2, 0.25) is 0 Å². The summed E-state index contributed by atoms with van der Waals surface area (Å²) in [5, 5.41) is 11.5. The first-order valence-electron chi connectivity index (χ1n) is 21.1. The first-order valence-corrected chi connectivity index (χ1v) is 21.1. The topological polar surface area (TPSA) is 102 Å². The van der Waals surface area contributed by atoms with E-state index in [-0.39, 0.29) is 42.7 Å². The number of ether oxygens (including phenoxy) is 3. The van der Waals surface area contributed by atoms with Gasteiger partial charge < -0.3 is 28.6 Å². The molecule has 0 aliphatic heterocycles. The van der Waals surface area contributed by atoms with E-state index in [1.807, 2.05) is 0 Å². The fourth-order valence-electron chi connectivity index (χ4n) is 6.42. The van der Waals surface area contributed by atoms with E-state index in [1.54, 1.807) is 21.1 Å². The molecule has 296 valence electrons. The van der Waals surface area contributed by atoms with Gasteiger partial charge in [-0.05, 0) is 12.8 Å². The number of quaternary nitrogens is 1. The SMILES string of the molecule is CCCCCCCCCCCCCCCCCCCCCCCC(=O)OC(COCCC(C(=O)[O-])[N+](C)(C)C)COC(=O)CCCCCCC. The Balaban J connectivity index is 4.07. The molecule has 0 heterocycles. The van der Waals surface area contributed by atoms with Crippen LogP contribution in [-0.4, -0.2) is 75.5 Å². The molecule has 0 rings (SSSR count). The van der Waals surface area contributed by atoms with Crippen LogP contribution in [0.25, 0.3) is 0 Å². The third kappa shape index (κ3) is 32.3. The highest BCUT2D eigenvalue weighted by Gasteiger charge is 2.25. The quantitative estimate of drug-likeness (QED) is 0.0357. The Morgan fingerprint density at radius 3 is 1.24 bits per heavy atom. The summed E-state index contributed by atoms with van der Waals surface area (Å²) in [4.78, 5) is 36.4. The lowest BCUT2D eigenvalue weighted by Gasteiger charge is -2.34. The van der Waals surface area contributed by atoms with Crippen LogP contribution >= 0.6 is 0 Å². The monoisotopic (exact) mass is 712 g/mol. The Bertz CT molecular complexity index is 797. The molecule has 2 unspecified atom stereocenters. The van der Waals surface area contributed by atoms with Gasteiger partial charge in [-0.2, -0.15) is 0 Å².